The molecule has 2 aromatic carbocycles. The van der Waals surface area contributed by atoms with Crippen LogP contribution in [-0.4, -0.2) is 26.1 Å². The number of amides is 3. The summed E-state index contributed by atoms with van der Waals surface area (Å²) in [6, 6.07) is 13.8. The van der Waals surface area contributed by atoms with Crippen molar-refractivity contribution in [1.82, 2.24) is 15.7 Å². The fourth-order valence-electron chi connectivity index (χ4n) is 1.86. The second kappa shape index (κ2) is 8.78. The number of carbonyl (C=O) groups excluding carboxylic acids is 3. The van der Waals surface area contributed by atoms with Crippen molar-refractivity contribution in [2.24, 2.45) is 0 Å². The lowest BCUT2D eigenvalue weighted by molar-refractivity contribution is -0.139. The zero-order valence-corrected chi connectivity index (χ0v) is 15.0. The van der Waals surface area contributed by atoms with Crippen LogP contribution < -0.4 is 26.4 Å². The van der Waals surface area contributed by atoms with Gasteiger partial charge in [0.15, 0.2) is 0 Å². The third-order valence-electron chi connectivity index (χ3n) is 3.08. The van der Waals surface area contributed by atoms with Gasteiger partial charge in [0.2, 0.25) is 5.91 Å². The zero-order valence-electron chi connectivity index (χ0n) is 14.1. The number of sulfonamides is 1. The van der Waals surface area contributed by atoms with Crippen molar-refractivity contribution in [1.29, 1.82) is 0 Å². The van der Waals surface area contributed by atoms with Crippen molar-refractivity contribution in [3.63, 3.8) is 0 Å². The molecule has 0 fully saturated rings. The molecule has 0 unspecified atom stereocenters. The highest BCUT2D eigenvalue weighted by atomic mass is 32.2. The second-order valence-corrected chi connectivity index (χ2v) is 6.89. The molecule has 0 aromatic heterocycles. The fourth-order valence-corrected chi connectivity index (χ4v) is 2.70. The number of carbonyl (C=O) groups is 3. The molecule has 0 atom stereocenters. The fraction of sp³-hybridized carbons (Fsp3) is 0.0625. The average Bonchev–Trinajstić information content (AvgIpc) is 2.65. The van der Waals surface area contributed by atoms with Gasteiger partial charge in [-0.3, -0.25) is 30.7 Å². The Labute approximate surface area is 155 Å². The second-order valence-electron chi connectivity index (χ2n) is 5.21. The maximum atomic E-state index is 12.1. The van der Waals surface area contributed by atoms with Gasteiger partial charge in [-0.15, -0.1) is 4.83 Å². The number of benzene rings is 2. The van der Waals surface area contributed by atoms with Crippen LogP contribution >= 0.6 is 0 Å². The first-order chi connectivity index (χ1) is 12.8. The van der Waals surface area contributed by atoms with Gasteiger partial charge in [0, 0.05) is 12.6 Å². The van der Waals surface area contributed by atoms with Crippen LogP contribution in [0.5, 0.6) is 0 Å². The Bertz CT molecular complexity index is 929. The molecule has 0 aliphatic rings. The Morgan fingerprint density at radius 3 is 1.96 bits per heavy atom. The molecule has 10 nitrogen and oxygen atoms in total. The predicted octanol–water partition coefficient (Wildman–Crippen LogP) is 0.0978. The van der Waals surface area contributed by atoms with Crippen LogP contribution in [0.4, 0.5) is 11.4 Å². The molecule has 0 heterocycles. The Morgan fingerprint density at radius 1 is 0.778 bits per heavy atom. The van der Waals surface area contributed by atoms with Crippen LogP contribution in [0.3, 0.4) is 0 Å². The molecule has 2 rings (SSSR count). The summed E-state index contributed by atoms with van der Waals surface area (Å²) in [5, 5.41) is 2.49. The standard InChI is InChI=1S/C16H17N5O5S/c1-11(22)17-12-7-9-14(10-8-12)27(25,26)21-20-16(24)15(23)19-18-13-5-3-2-4-6-13/h2-10,18,21H,1H3,(H,17,22)(H,19,23)(H,20,24). The average molecular weight is 391 g/mol. The van der Waals surface area contributed by atoms with E-state index in [-0.39, 0.29) is 10.8 Å². The molecule has 142 valence electrons. The first kappa shape index (κ1) is 19.9. The minimum absolute atomic E-state index is 0.167. The number of rotatable bonds is 6. The lowest BCUT2D eigenvalue weighted by Crippen LogP contribution is -2.49. The Kier molecular flexibility index (Phi) is 6.46. The molecule has 0 saturated heterocycles. The summed E-state index contributed by atoms with van der Waals surface area (Å²) in [6.45, 7) is 1.32. The number of para-hydroxylation sites is 1. The molecule has 0 aliphatic carbocycles. The van der Waals surface area contributed by atoms with Gasteiger partial charge in [0.25, 0.3) is 10.0 Å². The van der Waals surface area contributed by atoms with Crippen LogP contribution in [0.25, 0.3) is 0 Å². The van der Waals surface area contributed by atoms with Gasteiger partial charge in [0.1, 0.15) is 0 Å². The Hall–Kier alpha value is -3.44. The summed E-state index contributed by atoms with van der Waals surface area (Å²) in [5.41, 5.74) is 7.39. The number of hydrogen-bond donors (Lipinski definition) is 5. The van der Waals surface area contributed by atoms with Crippen molar-refractivity contribution < 1.29 is 22.8 Å². The molecular weight excluding hydrogens is 374 g/mol. The van der Waals surface area contributed by atoms with E-state index in [1.807, 2.05) is 4.83 Å². The third-order valence-corrected chi connectivity index (χ3v) is 4.35. The predicted molar refractivity (Wildman–Crippen MR) is 97.4 cm³/mol. The highest BCUT2D eigenvalue weighted by Gasteiger charge is 2.18. The molecule has 3 amide bonds. The minimum Gasteiger partial charge on any atom is -0.326 e. The van der Waals surface area contributed by atoms with Gasteiger partial charge in [0.05, 0.1) is 10.6 Å². The number of nitrogens with one attached hydrogen (secondary N) is 5. The highest BCUT2D eigenvalue weighted by Crippen LogP contribution is 2.13. The van der Waals surface area contributed by atoms with Gasteiger partial charge < -0.3 is 5.32 Å². The van der Waals surface area contributed by atoms with Crippen LogP contribution in [0, 0.1) is 0 Å². The molecule has 0 bridgehead atoms. The summed E-state index contributed by atoms with van der Waals surface area (Å²) in [5.74, 6) is -2.61. The van der Waals surface area contributed by atoms with Crippen molar-refractivity contribution in [3.05, 3.63) is 54.6 Å². The van der Waals surface area contributed by atoms with E-state index in [9.17, 15) is 22.8 Å². The quantitative estimate of drug-likeness (QED) is 0.349. The maximum absolute atomic E-state index is 12.1. The van der Waals surface area contributed by atoms with Gasteiger partial charge in [-0.05, 0) is 36.4 Å². The normalized spacial score (nSPS) is 10.6. The van der Waals surface area contributed by atoms with Crippen LogP contribution in [0.2, 0.25) is 0 Å². The van der Waals surface area contributed by atoms with Crippen molar-refractivity contribution >= 4 is 39.1 Å². The molecule has 11 heteroatoms. The molecule has 0 saturated carbocycles. The van der Waals surface area contributed by atoms with Crippen molar-refractivity contribution in [2.45, 2.75) is 11.8 Å². The van der Waals surface area contributed by atoms with Gasteiger partial charge in [-0.2, -0.15) is 0 Å². The maximum Gasteiger partial charge on any atom is 0.329 e. The number of hydrogen-bond acceptors (Lipinski definition) is 6. The summed E-state index contributed by atoms with van der Waals surface area (Å²) >= 11 is 0. The van der Waals surface area contributed by atoms with Crippen LogP contribution in [-0.2, 0) is 24.4 Å². The lowest BCUT2D eigenvalue weighted by Gasteiger charge is -2.10. The topological polar surface area (TPSA) is 146 Å². The van der Waals surface area contributed by atoms with Crippen molar-refractivity contribution in [3.8, 4) is 0 Å². The Morgan fingerprint density at radius 2 is 1.37 bits per heavy atom. The van der Waals surface area contributed by atoms with E-state index in [2.05, 4.69) is 16.2 Å². The first-order valence-electron chi connectivity index (χ1n) is 7.59. The van der Waals surface area contributed by atoms with E-state index in [0.717, 1.165) is 0 Å². The van der Waals surface area contributed by atoms with E-state index in [0.29, 0.717) is 11.4 Å². The van der Waals surface area contributed by atoms with E-state index < -0.39 is 21.8 Å². The van der Waals surface area contributed by atoms with Crippen molar-refractivity contribution in [2.75, 3.05) is 10.7 Å². The molecule has 2 aromatic rings. The monoisotopic (exact) mass is 391 g/mol. The highest BCUT2D eigenvalue weighted by molar-refractivity contribution is 7.89. The van der Waals surface area contributed by atoms with E-state index >= 15 is 0 Å². The molecule has 0 radical (unpaired) electrons. The third kappa shape index (κ3) is 6.09. The number of hydrazine groups is 2. The van der Waals surface area contributed by atoms with Gasteiger partial charge >= 0.3 is 11.8 Å². The summed E-state index contributed by atoms with van der Waals surface area (Å²) in [7, 11) is -4.10. The molecule has 27 heavy (non-hydrogen) atoms. The van der Waals surface area contributed by atoms with Crippen LogP contribution in [0.15, 0.2) is 59.5 Å². The van der Waals surface area contributed by atoms with E-state index in [4.69, 9.17) is 0 Å². The SMILES string of the molecule is CC(=O)Nc1ccc(S(=O)(=O)NNC(=O)C(=O)NNc2ccccc2)cc1. The largest absolute Gasteiger partial charge is 0.329 e. The molecule has 0 aliphatic heterocycles. The lowest BCUT2D eigenvalue weighted by atomic mass is 10.3. The van der Waals surface area contributed by atoms with Gasteiger partial charge in [-0.25, -0.2) is 8.42 Å². The smallest absolute Gasteiger partial charge is 0.326 e. The summed E-state index contributed by atoms with van der Waals surface area (Å²) in [4.78, 5) is 35.9. The minimum atomic E-state index is -4.10. The molecule has 0 spiro atoms. The summed E-state index contributed by atoms with van der Waals surface area (Å²) < 4.78 is 24.2. The Balaban J connectivity index is 1.88. The number of anilines is 2. The van der Waals surface area contributed by atoms with Gasteiger partial charge in [-0.1, -0.05) is 18.2 Å². The van der Waals surface area contributed by atoms with Crippen LogP contribution in [0.1, 0.15) is 6.92 Å². The summed E-state index contributed by atoms with van der Waals surface area (Å²) in [6.07, 6.45) is 0. The zero-order chi connectivity index (χ0) is 19.9. The molecular formula is C16H17N5O5S. The van der Waals surface area contributed by atoms with E-state index in [1.165, 1.54) is 31.2 Å². The first-order valence-corrected chi connectivity index (χ1v) is 9.07. The molecule has 5 N–H and O–H groups in total. The van der Waals surface area contributed by atoms with E-state index in [1.54, 1.807) is 35.8 Å².